The van der Waals surface area contributed by atoms with Crippen molar-refractivity contribution in [3.05, 3.63) is 59.4 Å². The SMILES string of the molecule is O=C(O)c1ccc(-c2ccc(F)cc2)cc1C(F)(F)F. The first-order chi connectivity index (χ1) is 9.29. The second-order valence-electron chi connectivity index (χ2n) is 4.07. The van der Waals surface area contributed by atoms with Gasteiger partial charge in [-0.05, 0) is 35.4 Å². The Kier molecular flexibility index (Phi) is 3.48. The van der Waals surface area contributed by atoms with Gasteiger partial charge in [-0.3, -0.25) is 0 Å². The maximum absolute atomic E-state index is 12.8. The van der Waals surface area contributed by atoms with Gasteiger partial charge in [-0.2, -0.15) is 13.2 Å². The van der Waals surface area contributed by atoms with Crippen LogP contribution < -0.4 is 0 Å². The zero-order valence-electron chi connectivity index (χ0n) is 9.91. The third kappa shape index (κ3) is 2.79. The van der Waals surface area contributed by atoms with Crippen molar-refractivity contribution >= 4 is 5.97 Å². The van der Waals surface area contributed by atoms with Crippen LogP contribution >= 0.6 is 0 Å². The van der Waals surface area contributed by atoms with Gasteiger partial charge in [-0.15, -0.1) is 0 Å². The molecule has 0 aliphatic carbocycles. The Bertz CT molecular complexity index is 645. The van der Waals surface area contributed by atoms with Crippen molar-refractivity contribution in [2.45, 2.75) is 6.18 Å². The molecule has 2 aromatic carbocycles. The van der Waals surface area contributed by atoms with Crippen LogP contribution in [0.15, 0.2) is 42.5 Å². The van der Waals surface area contributed by atoms with Crippen LogP contribution in [-0.4, -0.2) is 11.1 Å². The largest absolute Gasteiger partial charge is 0.478 e. The summed E-state index contributed by atoms with van der Waals surface area (Å²) in [5, 5.41) is 8.78. The summed E-state index contributed by atoms with van der Waals surface area (Å²) in [6.07, 6.45) is -4.77. The van der Waals surface area contributed by atoms with E-state index in [-0.39, 0.29) is 5.56 Å². The summed E-state index contributed by atoms with van der Waals surface area (Å²) < 4.78 is 51.3. The molecule has 0 saturated carbocycles. The van der Waals surface area contributed by atoms with Crippen molar-refractivity contribution in [2.75, 3.05) is 0 Å². The molecule has 6 heteroatoms. The van der Waals surface area contributed by atoms with E-state index in [1.54, 1.807) is 0 Å². The van der Waals surface area contributed by atoms with Gasteiger partial charge in [-0.1, -0.05) is 18.2 Å². The lowest BCUT2D eigenvalue weighted by molar-refractivity contribution is -0.138. The van der Waals surface area contributed by atoms with Crippen LogP contribution in [0.3, 0.4) is 0 Å². The van der Waals surface area contributed by atoms with Crippen LogP contribution in [0.2, 0.25) is 0 Å². The molecular formula is C14H8F4O2. The van der Waals surface area contributed by atoms with E-state index in [9.17, 15) is 22.4 Å². The lowest BCUT2D eigenvalue weighted by Gasteiger charge is -2.12. The maximum atomic E-state index is 12.8. The summed E-state index contributed by atoms with van der Waals surface area (Å²) in [5.41, 5.74) is -1.51. The Hall–Kier alpha value is -2.37. The van der Waals surface area contributed by atoms with Crippen molar-refractivity contribution in [3.8, 4) is 11.1 Å². The fourth-order valence-electron chi connectivity index (χ4n) is 1.79. The number of rotatable bonds is 2. The van der Waals surface area contributed by atoms with E-state index in [1.165, 1.54) is 18.2 Å². The van der Waals surface area contributed by atoms with Crippen molar-refractivity contribution in [1.29, 1.82) is 0 Å². The highest BCUT2D eigenvalue weighted by Crippen LogP contribution is 2.35. The van der Waals surface area contributed by atoms with Crippen LogP contribution in [0.5, 0.6) is 0 Å². The molecule has 1 N–H and O–H groups in total. The number of halogens is 4. The molecule has 0 heterocycles. The van der Waals surface area contributed by atoms with Gasteiger partial charge >= 0.3 is 12.1 Å². The van der Waals surface area contributed by atoms with Gasteiger partial charge in [0.2, 0.25) is 0 Å². The highest BCUT2D eigenvalue weighted by Gasteiger charge is 2.35. The first kappa shape index (κ1) is 14.0. The number of hydrogen-bond donors (Lipinski definition) is 1. The normalized spacial score (nSPS) is 11.4. The highest BCUT2D eigenvalue weighted by molar-refractivity contribution is 5.90. The molecule has 0 fully saturated rings. The Morgan fingerprint density at radius 3 is 2.00 bits per heavy atom. The molecule has 0 aliphatic heterocycles. The summed E-state index contributed by atoms with van der Waals surface area (Å²) in [5.74, 6) is -2.16. The molecule has 0 aliphatic rings. The van der Waals surface area contributed by atoms with E-state index < -0.39 is 29.1 Å². The predicted octanol–water partition coefficient (Wildman–Crippen LogP) is 4.21. The number of aromatic carboxylic acids is 1. The second-order valence-corrected chi connectivity index (χ2v) is 4.07. The molecule has 0 radical (unpaired) electrons. The third-order valence-corrected chi connectivity index (χ3v) is 2.73. The Labute approximate surface area is 111 Å². The van der Waals surface area contributed by atoms with Gasteiger partial charge in [0.05, 0.1) is 11.1 Å². The molecule has 0 bridgehead atoms. The fraction of sp³-hybridized carbons (Fsp3) is 0.0714. The highest BCUT2D eigenvalue weighted by atomic mass is 19.4. The molecule has 2 nitrogen and oxygen atoms in total. The number of carboxylic acids is 1. The summed E-state index contributed by atoms with van der Waals surface area (Å²) >= 11 is 0. The number of alkyl halides is 3. The Morgan fingerprint density at radius 2 is 1.50 bits per heavy atom. The van der Waals surface area contributed by atoms with E-state index in [4.69, 9.17) is 5.11 Å². The average molecular weight is 284 g/mol. The van der Waals surface area contributed by atoms with Crippen molar-refractivity contribution in [3.63, 3.8) is 0 Å². The van der Waals surface area contributed by atoms with Crippen molar-refractivity contribution in [2.24, 2.45) is 0 Å². The van der Waals surface area contributed by atoms with Gasteiger partial charge in [-0.25, -0.2) is 9.18 Å². The minimum atomic E-state index is -4.77. The standard InChI is InChI=1S/C14H8F4O2/c15-10-4-1-8(2-5-10)9-3-6-11(13(19)20)12(7-9)14(16,17)18/h1-7H,(H,19,20). The summed E-state index contributed by atoms with van der Waals surface area (Å²) in [4.78, 5) is 10.8. The summed E-state index contributed by atoms with van der Waals surface area (Å²) in [6.45, 7) is 0. The topological polar surface area (TPSA) is 37.3 Å². The molecule has 2 aromatic rings. The van der Waals surface area contributed by atoms with E-state index in [1.807, 2.05) is 0 Å². The average Bonchev–Trinajstić information content (AvgIpc) is 2.38. The van der Waals surface area contributed by atoms with E-state index in [2.05, 4.69) is 0 Å². The molecule has 0 spiro atoms. The van der Waals surface area contributed by atoms with Gasteiger partial charge < -0.3 is 5.11 Å². The fourth-order valence-corrected chi connectivity index (χ4v) is 1.79. The van der Waals surface area contributed by atoms with Crippen LogP contribution in [-0.2, 0) is 6.18 Å². The smallest absolute Gasteiger partial charge is 0.417 e. The third-order valence-electron chi connectivity index (χ3n) is 2.73. The van der Waals surface area contributed by atoms with Gasteiger partial charge in [0.15, 0.2) is 0 Å². The molecule has 20 heavy (non-hydrogen) atoms. The number of carbonyl (C=O) groups is 1. The first-order valence-electron chi connectivity index (χ1n) is 5.49. The van der Waals surface area contributed by atoms with E-state index in [0.717, 1.165) is 24.3 Å². The summed E-state index contributed by atoms with van der Waals surface area (Å²) in [7, 11) is 0. The van der Waals surface area contributed by atoms with Crippen LogP contribution in [0.4, 0.5) is 17.6 Å². The lowest BCUT2D eigenvalue weighted by Crippen LogP contribution is -2.12. The van der Waals surface area contributed by atoms with Crippen LogP contribution in [0.25, 0.3) is 11.1 Å². The maximum Gasteiger partial charge on any atom is 0.417 e. The van der Waals surface area contributed by atoms with Crippen LogP contribution in [0, 0.1) is 5.82 Å². The first-order valence-corrected chi connectivity index (χ1v) is 5.49. The Balaban J connectivity index is 2.58. The zero-order chi connectivity index (χ0) is 14.9. The minimum Gasteiger partial charge on any atom is -0.478 e. The van der Waals surface area contributed by atoms with Crippen molar-refractivity contribution < 1.29 is 27.5 Å². The number of benzene rings is 2. The Morgan fingerprint density at radius 1 is 0.950 bits per heavy atom. The van der Waals surface area contributed by atoms with Crippen LogP contribution in [0.1, 0.15) is 15.9 Å². The van der Waals surface area contributed by atoms with Gasteiger partial charge in [0, 0.05) is 0 Å². The molecular weight excluding hydrogens is 276 g/mol. The second kappa shape index (κ2) is 4.96. The zero-order valence-corrected chi connectivity index (χ0v) is 9.91. The van der Waals surface area contributed by atoms with E-state index in [0.29, 0.717) is 5.56 Å². The number of hydrogen-bond acceptors (Lipinski definition) is 1. The predicted molar refractivity (Wildman–Crippen MR) is 63.8 cm³/mol. The molecule has 0 aromatic heterocycles. The minimum absolute atomic E-state index is 0.169. The molecule has 0 amide bonds. The molecule has 104 valence electrons. The monoisotopic (exact) mass is 284 g/mol. The van der Waals surface area contributed by atoms with Gasteiger partial charge in [0.1, 0.15) is 5.82 Å². The molecule has 2 rings (SSSR count). The number of carboxylic acid groups (broad SMARTS) is 1. The van der Waals surface area contributed by atoms with E-state index >= 15 is 0 Å². The molecule has 0 saturated heterocycles. The lowest BCUT2D eigenvalue weighted by atomic mass is 9.99. The summed E-state index contributed by atoms with van der Waals surface area (Å²) in [6, 6.07) is 7.78. The molecule has 0 unspecified atom stereocenters. The molecule has 0 atom stereocenters. The quantitative estimate of drug-likeness (QED) is 0.839. The van der Waals surface area contributed by atoms with Gasteiger partial charge in [0.25, 0.3) is 0 Å². The van der Waals surface area contributed by atoms with Crippen molar-refractivity contribution in [1.82, 2.24) is 0 Å².